The van der Waals surface area contributed by atoms with E-state index in [9.17, 15) is 24.3 Å². The molecule has 2 aromatic carbocycles. The van der Waals surface area contributed by atoms with Gasteiger partial charge < -0.3 is 49.7 Å². The van der Waals surface area contributed by atoms with E-state index in [2.05, 4.69) is 20.6 Å². The molecule has 2 saturated carbocycles. The number of fused-ring (bicyclic) bond motifs is 4. The van der Waals surface area contributed by atoms with Crippen molar-refractivity contribution in [2.24, 2.45) is 23.7 Å². The van der Waals surface area contributed by atoms with E-state index in [0.29, 0.717) is 92.2 Å². The smallest absolute Gasteiger partial charge is 0.407 e. The Bertz CT molecular complexity index is 2600. The van der Waals surface area contributed by atoms with Gasteiger partial charge in [-0.25, -0.2) is 24.5 Å². The van der Waals surface area contributed by atoms with Crippen LogP contribution in [0.25, 0.3) is 44.6 Å². The topological polar surface area (TPSA) is 230 Å². The van der Waals surface area contributed by atoms with Crippen LogP contribution in [-0.4, -0.2) is 127 Å². The number of methoxy groups -OCH3 is 1. The number of rotatable bonds is 10. The second kappa shape index (κ2) is 15.9. The maximum absolute atomic E-state index is 14.3. The molecule has 8 atom stereocenters. The summed E-state index contributed by atoms with van der Waals surface area (Å²) in [5, 5.41) is 15.0. The Balaban J connectivity index is 0.806. The van der Waals surface area contributed by atoms with Crippen LogP contribution in [0.4, 0.5) is 9.59 Å². The van der Waals surface area contributed by atoms with Gasteiger partial charge in [0.25, 0.3) is 0 Å². The number of hydrogen-bond acceptors (Lipinski definition) is 11. The van der Waals surface area contributed by atoms with Crippen LogP contribution in [0.3, 0.4) is 0 Å². The zero-order valence-corrected chi connectivity index (χ0v) is 34.9. The van der Waals surface area contributed by atoms with Crippen LogP contribution < -0.4 is 10.6 Å². The standard InChI is InChI=1S/C45H50N10O8/c1-61-45(60)53-39(23-8-12-63-13-9-23)43(57)55-35-17-27(35)19-37(55)41-49-29-5-3-25(15-31(29)50-41)32-20-46-30-14-24(2-4-28(30)48-32)33-21-47-40(51-33)36-18-26-16-34(26)54(36)42(56)38(52-44(58)59)22-6-10-62-11-7-22/h2-5,14-15,20-23,26-27,34-39,52H,6-13,16-19H2,1H3,(H,47,51)(H,49,50)(H,53,60)(H,58,59)/t26-,27+,34-,35-,36+,37+,38+,39+/m1/s1. The summed E-state index contributed by atoms with van der Waals surface area (Å²) in [6, 6.07) is 9.98. The van der Waals surface area contributed by atoms with E-state index in [4.69, 9.17) is 34.1 Å². The summed E-state index contributed by atoms with van der Waals surface area (Å²) in [4.78, 5) is 83.0. The van der Waals surface area contributed by atoms with Crippen molar-refractivity contribution in [3.63, 3.8) is 0 Å². The molecule has 328 valence electrons. The highest BCUT2D eigenvalue weighted by molar-refractivity contribution is 5.89. The minimum atomic E-state index is -1.20. The van der Waals surface area contributed by atoms with E-state index in [1.54, 1.807) is 6.20 Å². The molecule has 4 saturated heterocycles. The maximum Gasteiger partial charge on any atom is 0.407 e. The average molecular weight is 859 g/mol. The third-order valence-corrected chi connectivity index (χ3v) is 14.3. The molecule has 4 amide bonds. The van der Waals surface area contributed by atoms with Crippen LogP contribution in [0.2, 0.25) is 0 Å². The number of carboxylic acid groups (broad SMARTS) is 1. The van der Waals surface area contributed by atoms with Gasteiger partial charge in [-0.15, -0.1) is 0 Å². The first-order valence-electron chi connectivity index (χ1n) is 22.2. The lowest BCUT2D eigenvalue weighted by atomic mass is 9.90. The predicted molar refractivity (Wildman–Crippen MR) is 226 cm³/mol. The van der Waals surface area contributed by atoms with E-state index in [0.717, 1.165) is 53.7 Å². The third-order valence-electron chi connectivity index (χ3n) is 14.3. The van der Waals surface area contributed by atoms with Gasteiger partial charge in [-0.3, -0.25) is 14.6 Å². The molecule has 2 aliphatic carbocycles. The van der Waals surface area contributed by atoms with Gasteiger partial charge in [0.15, 0.2) is 0 Å². The third kappa shape index (κ3) is 7.41. The summed E-state index contributed by atoms with van der Waals surface area (Å²) in [6.07, 6.45) is 7.87. The molecule has 0 spiro atoms. The van der Waals surface area contributed by atoms with Gasteiger partial charge in [-0.1, -0.05) is 12.1 Å². The van der Waals surface area contributed by atoms with Crippen molar-refractivity contribution in [3.8, 4) is 22.5 Å². The number of H-pyrrole nitrogens is 2. The summed E-state index contributed by atoms with van der Waals surface area (Å²) in [6.45, 7) is 2.12. The molecule has 18 nitrogen and oxygen atoms in total. The number of carbonyl (C=O) groups is 4. The van der Waals surface area contributed by atoms with Crippen molar-refractivity contribution >= 4 is 46.1 Å². The van der Waals surface area contributed by atoms with E-state index in [1.165, 1.54) is 7.11 Å². The Kier molecular flexibility index (Phi) is 10.0. The lowest BCUT2D eigenvalue weighted by Gasteiger charge is -2.35. The molecule has 5 N–H and O–H groups in total. The molecule has 6 fully saturated rings. The summed E-state index contributed by atoms with van der Waals surface area (Å²) >= 11 is 0. The van der Waals surface area contributed by atoms with E-state index in [-0.39, 0.29) is 47.8 Å². The molecular formula is C45H50N10O8. The molecule has 3 aromatic heterocycles. The van der Waals surface area contributed by atoms with Crippen LogP contribution in [0.5, 0.6) is 0 Å². The van der Waals surface area contributed by atoms with E-state index in [1.807, 2.05) is 52.4 Å². The van der Waals surface area contributed by atoms with E-state index < -0.39 is 24.3 Å². The van der Waals surface area contributed by atoms with Crippen LogP contribution >= 0.6 is 0 Å². The fourth-order valence-electron chi connectivity index (χ4n) is 10.8. The number of piperidine rings is 2. The summed E-state index contributed by atoms with van der Waals surface area (Å²) in [5.41, 5.74) is 6.14. The normalized spacial score (nSPS) is 26.6. The first kappa shape index (κ1) is 39.7. The zero-order valence-electron chi connectivity index (χ0n) is 34.9. The van der Waals surface area contributed by atoms with Gasteiger partial charge in [-0.05, 0) is 99.3 Å². The predicted octanol–water partition coefficient (Wildman–Crippen LogP) is 5.10. The SMILES string of the molecule is COC(=O)N[C@H](C(=O)N1[C@@H]2C[C@H]2C[C@H]1c1nc2cc(-c3cnc4cc(-c5c[nH]c([C@@H]6C[C@H]7C[C@H]7N6C(=O)[C@@H](NC(=O)O)C6CCOCC6)n5)ccc4n3)ccc2[nH]1)C1CCOCC1. The number of carbonyl (C=O) groups excluding carboxylic acids is 3. The minimum Gasteiger partial charge on any atom is -0.465 e. The van der Waals surface area contributed by atoms with Crippen molar-refractivity contribution in [1.29, 1.82) is 0 Å². The van der Waals surface area contributed by atoms with Crippen molar-refractivity contribution in [1.82, 2.24) is 50.3 Å². The van der Waals surface area contributed by atoms with Crippen molar-refractivity contribution in [3.05, 3.63) is 60.4 Å². The average Bonchev–Trinajstić information content (AvgIpc) is 3.93. The molecule has 6 aliphatic rings. The highest BCUT2D eigenvalue weighted by Gasteiger charge is 2.58. The number of imidazole rings is 2. The number of likely N-dealkylation sites (tertiary alicyclic amines) is 2. The molecule has 0 bridgehead atoms. The number of aromatic nitrogens is 6. The Labute approximate surface area is 361 Å². The zero-order chi connectivity index (χ0) is 42.9. The Morgan fingerprint density at radius 3 is 1.98 bits per heavy atom. The lowest BCUT2D eigenvalue weighted by Crippen LogP contribution is -2.54. The van der Waals surface area contributed by atoms with Crippen LogP contribution in [-0.2, 0) is 23.8 Å². The Morgan fingerprint density at radius 2 is 1.33 bits per heavy atom. The van der Waals surface area contributed by atoms with Gasteiger partial charge in [0.2, 0.25) is 11.8 Å². The number of aromatic amines is 2. The number of benzene rings is 2. The molecule has 5 aromatic rings. The largest absolute Gasteiger partial charge is 0.465 e. The van der Waals surface area contributed by atoms with Crippen LogP contribution in [0.1, 0.15) is 75.1 Å². The highest BCUT2D eigenvalue weighted by Crippen LogP contribution is 2.55. The number of nitrogens with zero attached hydrogens (tertiary/aromatic N) is 6. The number of hydrogen-bond donors (Lipinski definition) is 5. The number of alkyl carbamates (subject to hydrolysis) is 1. The Hall–Kier alpha value is -6.14. The first-order chi connectivity index (χ1) is 30.7. The monoisotopic (exact) mass is 858 g/mol. The van der Waals surface area contributed by atoms with Crippen LogP contribution in [0, 0.1) is 23.7 Å². The maximum atomic E-state index is 14.3. The van der Waals surface area contributed by atoms with Gasteiger partial charge in [0.05, 0.1) is 58.8 Å². The van der Waals surface area contributed by atoms with Gasteiger partial charge >= 0.3 is 12.2 Å². The number of ether oxygens (including phenoxy) is 3. The summed E-state index contributed by atoms with van der Waals surface area (Å²) < 4.78 is 16.0. The quantitative estimate of drug-likeness (QED) is 0.124. The highest BCUT2D eigenvalue weighted by atomic mass is 16.5. The van der Waals surface area contributed by atoms with Crippen molar-refractivity contribution < 1.29 is 38.5 Å². The van der Waals surface area contributed by atoms with E-state index >= 15 is 0 Å². The van der Waals surface area contributed by atoms with Crippen molar-refractivity contribution in [2.45, 2.75) is 87.6 Å². The minimum absolute atomic E-state index is 0.0419. The molecule has 0 unspecified atom stereocenters. The fraction of sp³-hybridized carbons (Fsp3) is 0.511. The van der Waals surface area contributed by atoms with Crippen LogP contribution in [0.15, 0.2) is 48.8 Å². The first-order valence-corrected chi connectivity index (χ1v) is 22.2. The number of nitrogens with one attached hydrogen (secondary N) is 4. The fourth-order valence-corrected chi connectivity index (χ4v) is 10.8. The summed E-state index contributed by atoms with van der Waals surface area (Å²) in [5.74, 6) is 1.75. The number of amides is 4. The Morgan fingerprint density at radius 1 is 0.730 bits per heavy atom. The molecule has 18 heteroatoms. The lowest BCUT2D eigenvalue weighted by molar-refractivity contribution is -0.138. The van der Waals surface area contributed by atoms with Gasteiger partial charge in [-0.2, -0.15) is 0 Å². The molecule has 4 aliphatic heterocycles. The van der Waals surface area contributed by atoms with Crippen molar-refractivity contribution in [2.75, 3.05) is 33.5 Å². The van der Waals surface area contributed by atoms with Gasteiger partial charge in [0, 0.05) is 55.8 Å². The molecule has 11 rings (SSSR count). The molecular weight excluding hydrogens is 809 g/mol. The molecule has 7 heterocycles. The summed E-state index contributed by atoms with van der Waals surface area (Å²) in [7, 11) is 1.31. The second-order valence-corrected chi connectivity index (χ2v) is 18.0. The molecule has 0 radical (unpaired) electrons. The molecule has 63 heavy (non-hydrogen) atoms. The second-order valence-electron chi connectivity index (χ2n) is 18.0. The van der Waals surface area contributed by atoms with Gasteiger partial charge in [0.1, 0.15) is 23.7 Å².